The normalized spacial score (nSPS) is 10.4. The molecule has 6 heteroatoms. The number of nitrogens with zero attached hydrogens (tertiary/aromatic N) is 2. The summed E-state index contributed by atoms with van der Waals surface area (Å²) in [5, 5.41) is 10.3. The summed E-state index contributed by atoms with van der Waals surface area (Å²) in [6.45, 7) is 1.78. The number of carbonyl (C=O) groups excluding carboxylic acids is 1. The van der Waals surface area contributed by atoms with Gasteiger partial charge in [-0.1, -0.05) is 0 Å². The first-order valence-electron chi connectivity index (χ1n) is 4.65. The lowest BCUT2D eigenvalue weighted by molar-refractivity contribution is 0.0601. The molecule has 0 aliphatic rings. The smallest absolute Gasteiger partial charge is 0.340 e. The maximum atomic E-state index is 11.7. The number of hydrogen-bond acceptors (Lipinski definition) is 5. The summed E-state index contributed by atoms with van der Waals surface area (Å²) in [6, 6.07) is 1.72. The third-order valence-corrected chi connectivity index (χ3v) is 2.43. The van der Waals surface area contributed by atoms with Crippen LogP contribution in [0.25, 0.3) is 11.0 Å². The Morgan fingerprint density at radius 2 is 2.12 bits per heavy atom. The Balaban J connectivity index is 2.80. The van der Waals surface area contributed by atoms with E-state index >= 15 is 0 Å². The molecule has 0 unspecified atom stereocenters. The van der Waals surface area contributed by atoms with Crippen LogP contribution in [0, 0.1) is 6.92 Å². The Hall–Kier alpha value is -2.11. The van der Waals surface area contributed by atoms with Gasteiger partial charge in [0.1, 0.15) is 16.8 Å². The minimum atomic E-state index is -0.449. The minimum Gasteiger partial charge on any atom is -0.496 e. The van der Waals surface area contributed by atoms with Gasteiger partial charge in [-0.2, -0.15) is 15.4 Å². The minimum absolute atomic E-state index is 0.380. The van der Waals surface area contributed by atoms with Crippen molar-refractivity contribution in [2.75, 3.05) is 14.2 Å². The van der Waals surface area contributed by atoms with Gasteiger partial charge < -0.3 is 9.47 Å². The second-order valence-corrected chi connectivity index (χ2v) is 3.26. The third kappa shape index (κ3) is 1.39. The van der Waals surface area contributed by atoms with Crippen molar-refractivity contribution in [1.29, 1.82) is 0 Å². The standard InChI is InChI=1S/C10H11N3O3/c1-5-7(15-2)4-6-9(12-13-11-6)8(5)10(14)16-3/h4H,1-3H3,(H,11,12,13). The number of fused-ring (bicyclic) bond motifs is 1. The quantitative estimate of drug-likeness (QED) is 0.767. The molecule has 0 spiro atoms. The lowest BCUT2D eigenvalue weighted by Gasteiger charge is -2.08. The van der Waals surface area contributed by atoms with Gasteiger partial charge in [0.15, 0.2) is 0 Å². The van der Waals surface area contributed by atoms with Gasteiger partial charge in [-0.25, -0.2) is 4.79 Å². The molecule has 16 heavy (non-hydrogen) atoms. The highest BCUT2D eigenvalue weighted by molar-refractivity contribution is 6.04. The predicted octanol–water partition coefficient (Wildman–Crippen LogP) is 1.06. The van der Waals surface area contributed by atoms with E-state index in [4.69, 9.17) is 9.47 Å². The second kappa shape index (κ2) is 3.80. The monoisotopic (exact) mass is 221 g/mol. The molecule has 1 N–H and O–H groups in total. The molecule has 0 atom stereocenters. The van der Waals surface area contributed by atoms with Crippen LogP contribution in [0.1, 0.15) is 15.9 Å². The number of carbonyl (C=O) groups is 1. The number of hydrogen-bond donors (Lipinski definition) is 1. The van der Waals surface area contributed by atoms with Gasteiger partial charge in [0.25, 0.3) is 0 Å². The Labute approximate surface area is 91.5 Å². The van der Waals surface area contributed by atoms with Crippen molar-refractivity contribution in [3.05, 3.63) is 17.2 Å². The van der Waals surface area contributed by atoms with Crippen LogP contribution < -0.4 is 4.74 Å². The molecule has 1 heterocycles. The first-order valence-corrected chi connectivity index (χ1v) is 4.65. The van der Waals surface area contributed by atoms with Crippen molar-refractivity contribution in [1.82, 2.24) is 15.4 Å². The van der Waals surface area contributed by atoms with Crippen molar-refractivity contribution in [3.8, 4) is 5.75 Å². The van der Waals surface area contributed by atoms with E-state index in [0.717, 1.165) is 0 Å². The van der Waals surface area contributed by atoms with Crippen LogP contribution in [0.4, 0.5) is 0 Å². The predicted molar refractivity (Wildman–Crippen MR) is 56.5 cm³/mol. The van der Waals surface area contributed by atoms with Crippen molar-refractivity contribution >= 4 is 17.0 Å². The first kappa shape index (κ1) is 10.4. The molecule has 6 nitrogen and oxygen atoms in total. The van der Waals surface area contributed by atoms with Crippen molar-refractivity contribution in [2.24, 2.45) is 0 Å². The molecule has 0 bridgehead atoms. The van der Waals surface area contributed by atoms with E-state index in [1.54, 1.807) is 13.0 Å². The molecule has 2 rings (SSSR count). The fourth-order valence-corrected chi connectivity index (χ4v) is 1.62. The molecule has 0 saturated carbocycles. The number of nitrogens with one attached hydrogen (secondary N) is 1. The number of ether oxygens (including phenoxy) is 2. The number of esters is 1. The van der Waals surface area contributed by atoms with Crippen molar-refractivity contribution in [3.63, 3.8) is 0 Å². The highest BCUT2D eigenvalue weighted by Crippen LogP contribution is 2.28. The number of benzene rings is 1. The molecule has 1 aromatic carbocycles. The van der Waals surface area contributed by atoms with Gasteiger partial charge in [0.05, 0.1) is 19.8 Å². The van der Waals surface area contributed by atoms with E-state index in [1.807, 2.05) is 0 Å². The Morgan fingerprint density at radius 3 is 2.75 bits per heavy atom. The van der Waals surface area contributed by atoms with E-state index < -0.39 is 5.97 Å². The van der Waals surface area contributed by atoms with Crippen LogP contribution in [0.15, 0.2) is 6.07 Å². The lowest BCUT2D eigenvalue weighted by atomic mass is 10.1. The average Bonchev–Trinajstić information content (AvgIpc) is 2.74. The van der Waals surface area contributed by atoms with Gasteiger partial charge in [-0.15, -0.1) is 0 Å². The van der Waals surface area contributed by atoms with Crippen LogP contribution in [-0.2, 0) is 4.74 Å². The van der Waals surface area contributed by atoms with E-state index in [2.05, 4.69) is 15.4 Å². The number of aromatic amines is 1. The lowest BCUT2D eigenvalue weighted by Crippen LogP contribution is -2.06. The zero-order valence-electron chi connectivity index (χ0n) is 9.20. The van der Waals surface area contributed by atoms with Gasteiger partial charge in [-0.3, -0.25) is 0 Å². The van der Waals surface area contributed by atoms with Crippen LogP contribution in [0.5, 0.6) is 5.75 Å². The van der Waals surface area contributed by atoms with Gasteiger partial charge >= 0.3 is 5.97 Å². The maximum absolute atomic E-state index is 11.7. The molecule has 0 aliphatic carbocycles. The van der Waals surface area contributed by atoms with Crippen LogP contribution in [-0.4, -0.2) is 35.6 Å². The molecule has 0 aliphatic heterocycles. The molecule has 0 amide bonds. The largest absolute Gasteiger partial charge is 0.496 e. The van der Waals surface area contributed by atoms with Gasteiger partial charge in [0, 0.05) is 11.6 Å². The molecular formula is C10H11N3O3. The topological polar surface area (TPSA) is 77.1 Å². The Morgan fingerprint density at radius 1 is 1.38 bits per heavy atom. The maximum Gasteiger partial charge on any atom is 0.340 e. The fraction of sp³-hybridized carbons (Fsp3) is 0.300. The van der Waals surface area contributed by atoms with Crippen LogP contribution >= 0.6 is 0 Å². The van der Waals surface area contributed by atoms with Gasteiger partial charge in [0.2, 0.25) is 0 Å². The van der Waals surface area contributed by atoms with Gasteiger partial charge in [-0.05, 0) is 6.92 Å². The van der Waals surface area contributed by atoms with Crippen molar-refractivity contribution in [2.45, 2.75) is 6.92 Å². The molecule has 0 radical (unpaired) electrons. The van der Waals surface area contributed by atoms with Crippen LogP contribution in [0.2, 0.25) is 0 Å². The third-order valence-electron chi connectivity index (χ3n) is 2.43. The first-order chi connectivity index (χ1) is 7.69. The summed E-state index contributed by atoms with van der Waals surface area (Å²) in [6.07, 6.45) is 0. The van der Waals surface area contributed by atoms with E-state index in [0.29, 0.717) is 27.9 Å². The summed E-state index contributed by atoms with van der Waals surface area (Å²) in [7, 11) is 2.86. The fourth-order valence-electron chi connectivity index (χ4n) is 1.62. The number of methoxy groups -OCH3 is 2. The molecule has 1 aromatic heterocycles. The molecule has 2 aromatic rings. The number of rotatable bonds is 2. The molecular weight excluding hydrogens is 210 g/mol. The molecule has 84 valence electrons. The summed E-state index contributed by atoms with van der Waals surface area (Å²) < 4.78 is 9.89. The summed E-state index contributed by atoms with van der Waals surface area (Å²) in [5.74, 6) is 0.136. The zero-order valence-corrected chi connectivity index (χ0v) is 9.20. The molecule has 0 saturated heterocycles. The summed E-state index contributed by atoms with van der Waals surface area (Å²) in [4.78, 5) is 11.7. The van der Waals surface area contributed by atoms with Crippen LogP contribution in [0.3, 0.4) is 0 Å². The number of H-pyrrole nitrogens is 1. The average molecular weight is 221 g/mol. The molecule has 0 fully saturated rings. The van der Waals surface area contributed by atoms with Crippen molar-refractivity contribution < 1.29 is 14.3 Å². The SMILES string of the molecule is COC(=O)c1c(C)c(OC)cc2n[nH]nc12. The highest BCUT2D eigenvalue weighted by atomic mass is 16.5. The highest BCUT2D eigenvalue weighted by Gasteiger charge is 2.20. The Kier molecular flexibility index (Phi) is 2.47. The summed E-state index contributed by atoms with van der Waals surface area (Å²) in [5.41, 5.74) is 2.13. The Bertz CT molecular complexity index is 547. The number of aromatic nitrogens is 3. The summed E-state index contributed by atoms with van der Waals surface area (Å²) >= 11 is 0. The van der Waals surface area contributed by atoms with E-state index in [-0.39, 0.29) is 0 Å². The van der Waals surface area contributed by atoms with E-state index in [1.165, 1.54) is 14.2 Å². The van der Waals surface area contributed by atoms with E-state index in [9.17, 15) is 4.79 Å². The zero-order chi connectivity index (χ0) is 11.7. The second-order valence-electron chi connectivity index (χ2n) is 3.26.